The van der Waals surface area contributed by atoms with Gasteiger partial charge in [0.15, 0.2) is 5.03 Å². The molecule has 2 rings (SSSR count). The molecule has 112 valence electrons. The molecule has 1 aromatic heterocycles. The van der Waals surface area contributed by atoms with Crippen molar-refractivity contribution in [1.29, 1.82) is 0 Å². The third-order valence-electron chi connectivity index (χ3n) is 3.03. The van der Waals surface area contributed by atoms with E-state index in [0.717, 1.165) is 4.31 Å². The molecule has 0 spiro atoms. The first-order valence-corrected chi connectivity index (χ1v) is 7.62. The van der Waals surface area contributed by atoms with Gasteiger partial charge in [0.2, 0.25) is 0 Å². The highest BCUT2D eigenvalue weighted by molar-refractivity contribution is 7.92. The Morgan fingerprint density at radius 2 is 1.95 bits per heavy atom. The van der Waals surface area contributed by atoms with Crippen LogP contribution in [0.5, 0.6) is 5.75 Å². The second kappa shape index (κ2) is 6.11. The van der Waals surface area contributed by atoms with Crippen molar-refractivity contribution in [2.24, 2.45) is 0 Å². The Hall–Kier alpha value is -2.12. The van der Waals surface area contributed by atoms with Crippen LogP contribution in [-0.4, -0.2) is 32.7 Å². The SMILES string of the molecule is COc1ccccc1N(C)S(=O)(=O)c1ccc(CO)cn1. The van der Waals surface area contributed by atoms with Crippen LogP contribution in [0.2, 0.25) is 0 Å². The molecule has 1 heterocycles. The van der Waals surface area contributed by atoms with Gasteiger partial charge in [-0.1, -0.05) is 18.2 Å². The van der Waals surface area contributed by atoms with Crippen LogP contribution in [0.25, 0.3) is 0 Å². The van der Waals surface area contributed by atoms with Gasteiger partial charge in [-0.3, -0.25) is 4.31 Å². The van der Waals surface area contributed by atoms with Gasteiger partial charge < -0.3 is 9.84 Å². The van der Waals surface area contributed by atoms with Gasteiger partial charge in [0.1, 0.15) is 5.75 Å². The number of nitrogens with zero attached hydrogens (tertiary/aromatic N) is 2. The molecular formula is C14H16N2O4S. The van der Waals surface area contributed by atoms with Crippen molar-refractivity contribution >= 4 is 15.7 Å². The molecule has 1 aromatic carbocycles. The first kappa shape index (κ1) is 15.3. The van der Waals surface area contributed by atoms with Crippen LogP contribution < -0.4 is 9.04 Å². The second-order valence-corrected chi connectivity index (χ2v) is 6.22. The number of methoxy groups -OCH3 is 1. The molecule has 6 nitrogen and oxygen atoms in total. The average Bonchev–Trinajstić information content (AvgIpc) is 2.54. The fourth-order valence-electron chi connectivity index (χ4n) is 1.82. The summed E-state index contributed by atoms with van der Waals surface area (Å²) in [6, 6.07) is 9.72. The Bertz CT molecular complexity index is 714. The van der Waals surface area contributed by atoms with E-state index in [2.05, 4.69) is 4.98 Å². The van der Waals surface area contributed by atoms with Gasteiger partial charge in [0.25, 0.3) is 10.0 Å². The zero-order chi connectivity index (χ0) is 15.5. The number of ether oxygens (including phenoxy) is 1. The molecule has 0 fully saturated rings. The minimum Gasteiger partial charge on any atom is -0.495 e. The Kier molecular flexibility index (Phi) is 4.44. The first-order chi connectivity index (χ1) is 10.0. The van der Waals surface area contributed by atoms with E-state index >= 15 is 0 Å². The maximum atomic E-state index is 12.5. The lowest BCUT2D eigenvalue weighted by molar-refractivity contribution is 0.281. The Morgan fingerprint density at radius 1 is 1.24 bits per heavy atom. The summed E-state index contributed by atoms with van der Waals surface area (Å²) in [5.74, 6) is 0.454. The maximum Gasteiger partial charge on any atom is 0.281 e. The molecule has 0 bridgehead atoms. The van der Waals surface area contributed by atoms with E-state index in [1.165, 1.54) is 32.5 Å². The Morgan fingerprint density at radius 3 is 2.52 bits per heavy atom. The molecule has 0 aliphatic rings. The molecule has 0 aliphatic heterocycles. The first-order valence-electron chi connectivity index (χ1n) is 6.18. The summed E-state index contributed by atoms with van der Waals surface area (Å²) < 4.78 is 31.4. The number of hydrogen-bond acceptors (Lipinski definition) is 5. The molecular weight excluding hydrogens is 292 g/mol. The molecule has 0 aliphatic carbocycles. The van der Waals surface area contributed by atoms with E-state index in [1.807, 2.05) is 0 Å². The van der Waals surface area contributed by atoms with Crippen molar-refractivity contribution in [1.82, 2.24) is 4.98 Å². The van der Waals surface area contributed by atoms with Crippen molar-refractivity contribution in [3.8, 4) is 5.75 Å². The van der Waals surface area contributed by atoms with Crippen molar-refractivity contribution in [3.63, 3.8) is 0 Å². The number of para-hydroxylation sites is 2. The summed E-state index contributed by atoms with van der Waals surface area (Å²) in [5, 5.41) is 8.88. The van der Waals surface area contributed by atoms with Gasteiger partial charge in [0.05, 0.1) is 19.4 Å². The number of sulfonamides is 1. The van der Waals surface area contributed by atoms with Gasteiger partial charge in [0, 0.05) is 13.2 Å². The lowest BCUT2D eigenvalue weighted by atomic mass is 10.3. The van der Waals surface area contributed by atoms with Crippen LogP contribution in [-0.2, 0) is 16.6 Å². The summed E-state index contributed by atoms with van der Waals surface area (Å²) in [4.78, 5) is 3.89. The number of anilines is 1. The molecule has 1 N–H and O–H groups in total. The molecule has 7 heteroatoms. The number of hydrogen-bond donors (Lipinski definition) is 1. The van der Waals surface area contributed by atoms with Gasteiger partial charge >= 0.3 is 0 Å². The standard InChI is InChI=1S/C14H16N2O4S/c1-16(12-5-3-4-6-13(12)20-2)21(18,19)14-8-7-11(10-17)9-15-14/h3-9,17H,10H2,1-2H3. The normalized spacial score (nSPS) is 11.2. The highest BCUT2D eigenvalue weighted by Gasteiger charge is 2.24. The highest BCUT2D eigenvalue weighted by atomic mass is 32.2. The van der Waals surface area contributed by atoms with Crippen LogP contribution in [0.15, 0.2) is 47.6 Å². The van der Waals surface area contributed by atoms with Crippen molar-refractivity contribution in [2.75, 3.05) is 18.5 Å². The van der Waals surface area contributed by atoms with Crippen LogP contribution in [0.4, 0.5) is 5.69 Å². The number of aromatic nitrogens is 1. The number of rotatable bonds is 5. The number of benzene rings is 1. The van der Waals surface area contributed by atoms with E-state index in [4.69, 9.17) is 9.84 Å². The number of pyridine rings is 1. The van der Waals surface area contributed by atoms with Gasteiger partial charge in [-0.2, -0.15) is 8.42 Å². The fraction of sp³-hybridized carbons (Fsp3) is 0.214. The molecule has 21 heavy (non-hydrogen) atoms. The smallest absolute Gasteiger partial charge is 0.281 e. The topological polar surface area (TPSA) is 79.7 Å². The van der Waals surface area contributed by atoms with Gasteiger partial charge in [-0.05, 0) is 23.8 Å². The summed E-state index contributed by atoms with van der Waals surface area (Å²) >= 11 is 0. The van der Waals surface area contributed by atoms with E-state index in [9.17, 15) is 8.42 Å². The van der Waals surface area contributed by atoms with E-state index in [-0.39, 0.29) is 11.6 Å². The predicted molar refractivity (Wildman–Crippen MR) is 78.7 cm³/mol. The average molecular weight is 308 g/mol. The second-order valence-electron chi connectivity index (χ2n) is 4.31. The van der Waals surface area contributed by atoms with Crippen LogP contribution in [0.3, 0.4) is 0 Å². The molecule has 0 atom stereocenters. The lowest BCUT2D eigenvalue weighted by Crippen LogP contribution is -2.27. The zero-order valence-electron chi connectivity index (χ0n) is 11.7. The van der Waals surface area contributed by atoms with E-state index in [0.29, 0.717) is 17.0 Å². The number of aliphatic hydroxyl groups excluding tert-OH is 1. The van der Waals surface area contributed by atoms with Crippen LogP contribution in [0, 0.1) is 0 Å². The summed E-state index contributed by atoms with van der Waals surface area (Å²) in [5.41, 5.74) is 0.974. The maximum absolute atomic E-state index is 12.5. The minimum atomic E-state index is -3.79. The molecule has 0 unspecified atom stereocenters. The monoisotopic (exact) mass is 308 g/mol. The largest absolute Gasteiger partial charge is 0.495 e. The minimum absolute atomic E-state index is 0.0897. The van der Waals surface area contributed by atoms with Crippen molar-refractivity contribution < 1.29 is 18.3 Å². The summed E-state index contributed by atoms with van der Waals surface area (Å²) in [7, 11) is -0.870. The van der Waals surface area contributed by atoms with E-state index in [1.54, 1.807) is 24.3 Å². The van der Waals surface area contributed by atoms with Gasteiger partial charge in [-0.15, -0.1) is 0 Å². The molecule has 2 aromatic rings. The summed E-state index contributed by atoms with van der Waals surface area (Å²) in [6.45, 7) is -0.185. The molecule has 0 saturated carbocycles. The highest BCUT2D eigenvalue weighted by Crippen LogP contribution is 2.30. The molecule has 0 saturated heterocycles. The fourth-order valence-corrected chi connectivity index (χ4v) is 2.93. The molecule has 0 radical (unpaired) electrons. The number of aliphatic hydroxyl groups is 1. The van der Waals surface area contributed by atoms with Crippen LogP contribution in [0.1, 0.15) is 5.56 Å². The third kappa shape index (κ3) is 2.98. The molecule has 0 amide bonds. The quantitative estimate of drug-likeness (QED) is 0.903. The Balaban J connectivity index is 2.42. The zero-order valence-corrected chi connectivity index (χ0v) is 12.5. The van der Waals surface area contributed by atoms with Crippen molar-refractivity contribution in [2.45, 2.75) is 11.6 Å². The lowest BCUT2D eigenvalue weighted by Gasteiger charge is -2.21. The third-order valence-corrected chi connectivity index (χ3v) is 4.72. The van der Waals surface area contributed by atoms with E-state index < -0.39 is 10.0 Å². The van der Waals surface area contributed by atoms with Gasteiger partial charge in [-0.25, -0.2) is 4.98 Å². The summed E-state index contributed by atoms with van der Waals surface area (Å²) in [6.07, 6.45) is 1.34. The predicted octanol–water partition coefficient (Wildman–Crippen LogP) is 1.41. The Labute approximate surface area is 123 Å². The van der Waals surface area contributed by atoms with Crippen molar-refractivity contribution in [3.05, 3.63) is 48.2 Å². The van der Waals surface area contributed by atoms with Crippen LogP contribution >= 0.6 is 0 Å².